The van der Waals surface area contributed by atoms with Gasteiger partial charge < -0.3 is 4.57 Å². The van der Waals surface area contributed by atoms with Crippen molar-refractivity contribution >= 4 is 38.6 Å². The van der Waals surface area contributed by atoms with Gasteiger partial charge in [0.2, 0.25) is 0 Å². The predicted molar refractivity (Wildman–Crippen MR) is 89.9 cm³/mol. The molecule has 0 aliphatic rings. The second kappa shape index (κ2) is 6.16. The van der Waals surface area contributed by atoms with Gasteiger partial charge in [-0.2, -0.15) is 0 Å². The van der Waals surface area contributed by atoms with Crippen molar-refractivity contribution in [3.8, 4) is 0 Å². The van der Waals surface area contributed by atoms with Crippen molar-refractivity contribution in [1.29, 1.82) is 0 Å². The van der Waals surface area contributed by atoms with Crippen molar-refractivity contribution in [2.75, 3.05) is 5.88 Å². The molecule has 1 aromatic carbocycles. The molecule has 0 aliphatic heterocycles. The molecule has 0 N–H and O–H groups in total. The van der Waals surface area contributed by atoms with Crippen LogP contribution >= 0.6 is 27.5 Å². The number of halogens is 2. The van der Waals surface area contributed by atoms with Gasteiger partial charge in [-0.15, -0.1) is 11.6 Å². The second-order valence-electron chi connectivity index (χ2n) is 4.99. The van der Waals surface area contributed by atoms with Crippen LogP contribution < -0.4 is 0 Å². The van der Waals surface area contributed by atoms with Crippen LogP contribution in [0.4, 0.5) is 0 Å². The minimum Gasteiger partial charge on any atom is -0.323 e. The molecule has 0 atom stereocenters. The normalized spacial score (nSPS) is 11.2. The van der Waals surface area contributed by atoms with Gasteiger partial charge >= 0.3 is 0 Å². The summed E-state index contributed by atoms with van der Waals surface area (Å²) in [6, 6.07) is 10.3. The summed E-state index contributed by atoms with van der Waals surface area (Å²) in [5, 5.41) is 0. The molecule has 2 heterocycles. The van der Waals surface area contributed by atoms with Crippen LogP contribution in [0, 0.1) is 6.92 Å². The molecule has 2 aromatic heterocycles. The fraction of sp³-hybridized carbons (Fsp3) is 0.250. The Morgan fingerprint density at radius 1 is 1.24 bits per heavy atom. The fourth-order valence-corrected chi connectivity index (χ4v) is 2.90. The number of fused-ring (bicyclic) bond motifs is 1. The standard InChI is InChI=1S/C16H15BrClN3/c1-11-2-3-12(9-19-11)10-21-15-5-4-13(17)8-14(15)20-16(21)6-7-18/h2-5,8-9H,6-7,10H2,1H3. The van der Waals surface area contributed by atoms with E-state index in [2.05, 4.69) is 37.6 Å². The van der Waals surface area contributed by atoms with Crippen molar-refractivity contribution in [3.05, 3.63) is 58.1 Å². The first-order valence-corrected chi connectivity index (χ1v) is 8.12. The summed E-state index contributed by atoms with van der Waals surface area (Å²) in [5.41, 5.74) is 4.31. The topological polar surface area (TPSA) is 30.7 Å². The maximum absolute atomic E-state index is 5.92. The van der Waals surface area contributed by atoms with E-state index in [1.807, 2.05) is 31.3 Å². The Bertz CT molecular complexity index is 765. The van der Waals surface area contributed by atoms with Crippen LogP contribution in [-0.4, -0.2) is 20.4 Å². The highest BCUT2D eigenvalue weighted by Gasteiger charge is 2.11. The third-order valence-electron chi connectivity index (χ3n) is 3.42. The first kappa shape index (κ1) is 14.5. The molecule has 5 heteroatoms. The van der Waals surface area contributed by atoms with Crippen molar-refractivity contribution in [3.63, 3.8) is 0 Å². The molecule has 0 fully saturated rings. The number of hydrogen-bond acceptors (Lipinski definition) is 2. The van der Waals surface area contributed by atoms with Gasteiger partial charge in [0.1, 0.15) is 5.82 Å². The van der Waals surface area contributed by atoms with Crippen molar-refractivity contribution in [2.45, 2.75) is 19.9 Å². The minimum atomic E-state index is 0.566. The van der Waals surface area contributed by atoms with E-state index in [0.717, 1.165) is 40.0 Å². The molecule has 108 valence electrons. The molecular formula is C16H15BrClN3. The molecule has 0 unspecified atom stereocenters. The van der Waals surface area contributed by atoms with Gasteiger partial charge in [0.05, 0.1) is 17.6 Å². The lowest BCUT2D eigenvalue weighted by atomic mass is 10.2. The highest BCUT2D eigenvalue weighted by atomic mass is 79.9. The number of hydrogen-bond donors (Lipinski definition) is 0. The fourth-order valence-electron chi connectivity index (χ4n) is 2.38. The van der Waals surface area contributed by atoms with E-state index in [1.54, 1.807) is 0 Å². The molecule has 3 nitrogen and oxygen atoms in total. The Morgan fingerprint density at radius 3 is 2.81 bits per heavy atom. The summed E-state index contributed by atoms with van der Waals surface area (Å²) >= 11 is 9.41. The van der Waals surface area contributed by atoms with Gasteiger partial charge in [-0.25, -0.2) is 4.98 Å². The number of imidazole rings is 1. The summed E-state index contributed by atoms with van der Waals surface area (Å²) in [4.78, 5) is 9.07. The lowest BCUT2D eigenvalue weighted by Crippen LogP contribution is -2.06. The average molecular weight is 365 g/mol. The van der Waals surface area contributed by atoms with Gasteiger partial charge in [-0.05, 0) is 36.8 Å². The summed E-state index contributed by atoms with van der Waals surface area (Å²) in [7, 11) is 0. The van der Waals surface area contributed by atoms with Crippen LogP contribution in [0.15, 0.2) is 41.0 Å². The van der Waals surface area contributed by atoms with E-state index in [4.69, 9.17) is 16.6 Å². The first-order valence-electron chi connectivity index (χ1n) is 6.79. The number of benzene rings is 1. The van der Waals surface area contributed by atoms with Crippen LogP contribution in [-0.2, 0) is 13.0 Å². The largest absolute Gasteiger partial charge is 0.323 e. The van der Waals surface area contributed by atoms with E-state index < -0.39 is 0 Å². The van der Waals surface area contributed by atoms with Gasteiger partial charge in [0, 0.05) is 28.7 Å². The quantitative estimate of drug-likeness (QED) is 0.645. The molecule has 3 rings (SSSR count). The average Bonchev–Trinajstić information content (AvgIpc) is 2.79. The van der Waals surface area contributed by atoms with Crippen LogP contribution in [0.2, 0.25) is 0 Å². The van der Waals surface area contributed by atoms with Crippen molar-refractivity contribution < 1.29 is 0 Å². The van der Waals surface area contributed by atoms with E-state index >= 15 is 0 Å². The summed E-state index contributed by atoms with van der Waals surface area (Å²) in [6.45, 7) is 2.75. The zero-order valence-corrected chi connectivity index (χ0v) is 14.0. The van der Waals surface area contributed by atoms with E-state index in [9.17, 15) is 0 Å². The summed E-state index contributed by atoms with van der Waals surface area (Å²) < 4.78 is 3.25. The summed E-state index contributed by atoms with van der Waals surface area (Å²) in [6.07, 6.45) is 2.68. The molecule has 0 radical (unpaired) electrons. The van der Waals surface area contributed by atoms with E-state index in [1.165, 1.54) is 5.56 Å². The molecule has 0 aliphatic carbocycles. The Morgan fingerprint density at radius 2 is 2.10 bits per heavy atom. The smallest absolute Gasteiger partial charge is 0.111 e. The monoisotopic (exact) mass is 363 g/mol. The van der Waals surface area contributed by atoms with Crippen LogP contribution in [0.1, 0.15) is 17.1 Å². The van der Waals surface area contributed by atoms with Crippen molar-refractivity contribution in [2.24, 2.45) is 0 Å². The van der Waals surface area contributed by atoms with E-state index in [-0.39, 0.29) is 0 Å². The number of rotatable bonds is 4. The van der Waals surface area contributed by atoms with Crippen molar-refractivity contribution in [1.82, 2.24) is 14.5 Å². The zero-order chi connectivity index (χ0) is 14.8. The molecule has 21 heavy (non-hydrogen) atoms. The molecule has 0 spiro atoms. The predicted octanol–water partition coefficient (Wildman–Crippen LogP) is 4.33. The maximum Gasteiger partial charge on any atom is 0.111 e. The third kappa shape index (κ3) is 3.11. The Hall–Kier alpha value is -1.39. The summed E-state index contributed by atoms with van der Waals surface area (Å²) in [5.74, 6) is 1.58. The lowest BCUT2D eigenvalue weighted by molar-refractivity contribution is 0.751. The first-order chi connectivity index (χ1) is 10.2. The third-order valence-corrected chi connectivity index (χ3v) is 4.10. The lowest BCUT2D eigenvalue weighted by Gasteiger charge is -2.09. The number of alkyl halides is 1. The number of aromatic nitrogens is 3. The van der Waals surface area contributed by atoms with Crippen LogP contribution in [0.3, 0.4) is 0 Å². The molecular weight excluding hydrogens is 350 g/mol. The molecule has 0 saturated carbocycles. The number of nitrogens with zero attached hydrogens (tertiary/aromatic N) is 3. The molecule has 0 amide bonds. The van der Waals surface area contributed by atoms with E-state index in [0.29, 0.717) is 5.88 Å². The Kier molecular flexibility index (Phi) is 4.27. The van der Waals surface area contributed by atoms with Crippen LogP contribution in [0.25, 0.3) is 11.0 Å². The zero-order valence-electron chi connectivity index (χ0n) is 11.7. The molecule has 0 saturated heterocycles. The molecule has 3 aromatic rings. The number of aryl methyl sites for hydroxylation is 2. The Labute approximate surface area is 137 Å². The van der Waals surface area contributed by atoms with Gasteiger partial charge in [-0.3, -0.25) is 4.98 Å². The SMILES string of the molecule is Cc1ccc(Cn2c(CCCl)nc3cc(Br)ccc32)cn1. The van der Waals surface area contributed by atoms with Gasteiger partial charge in [-0.1, -0.05) is 22.0 Å². The maximum atomic E-state index is 5.92. The van der Waals surface area contributed by atoms with Gasteiger partial charge in [0.15, 0.2) is 0 Å². The highest BCUT2D eigenvalue weighted by molar-refractivity contribution is 9.10. The highest BCUT2D eigenvalue weighted by Crippen LogP contribution is 2.22. The molecule has 0 bridgehead atoms. The number of pyridine rings is 1. The second-order valence-corrected chi connectivity index (χ2v) is 6.29. The minimum absolute atomic E-state index is 0.566. The van der Waals surface area contributed by atoms with Crippen LogP contribution in [0.5, 0.6) is 0 Å². The van der Waals surface area contributed by atoms with Gasteiger partial charge in [0.25, 0.3) is 0 Å². The Balaban J connectivity index is 2.06.